The molecule has 0 fully saturated rings. The predicted octanol–water partition coefficient (Wildman–Crippen LogP) is 2.57. The molecule has 9 heteroatoms. The smallest absolute Gasteiger partial charge is 0.279 e. The van der Waals surface area contributed by atoms with Gasteiger partial charge in [-0.1, -0.05) is 42.5 Å². The van der Waals surface area contributed by atoms with Gasteiger partial charge in [-0.15, -0.1) is 0 Å². The topological polar surface area (TPSA) is 132 Å². The number of nitrogens with zero attached hydrogens (tertiary/aromatic N) is 4. The lowest BCUT2D eigenvalue weighted by molar-refractivity contribution is 0.0997. The normalized spacial score (nSPS) is 13.5. The summed E-state index contributed by atoms with van der Waals surface area (Å²) in [5, 5.41) is 3.23. The van der Waals surface area contributed by atoms with Crippen LogP contribution in [0.2, 0.25) is 0 Å². The van der Waals surface area contributed by atoms with Crippen molar-refractivity contribution in [1.29, 1.82) is 0 Å². The lowest BCUT2D eigenvalue weighted by atomic mass is 10.1. The van der Waals surface area contributed by atoms with E-state index < -0.39 is 0 Å². The molecule has 36 heavy (non-hydrogen) atoms. The van der Waals surface area contributed by atoms with Crippen LogP contribution in [0, 0.1) is 0 Å². The van der Waals surface area contributed by atoms with Crippen molar-refractivity contribution in [1.82, 2.24) is 14.5 Å². The molecule has 0 aliphatic carbocycles. The molecule has 1 amide bonds. The van der Waals surface area contributed by atoms with E-state index >= 15 is 0 Å². The average molecular weight is 482 g/mol. The first-order valence-electron chi connectivity index (χ1n) is 11.7. The van der Waals surface area contributed by atoms with Crippen LogP contribution in [0.1, 0.15) is 21.5 Å². The van der Waals surface area contributed by atoms with Gasteiger partial charge in [-0.05, 0) is 35.7 Å². The number of pyridine rings is 1. The zero-order chi connectivity index (χ0) is 25.2. The van der Waals surface area contributed by atoms with Crippen LogP contribution in [-0.2, 0) is 20.0 Å². The minimum atomic E-state index is -0.351. The van der Waals surface area contributed by atoms with Crippen LogP contribution in [0.25, 0.3) is 11.3 Å². The lowest BCUT2D eigenvalue weighted by Crippen LogP contribution is -2.36. The first-order valence-corrected chi connectivity index (χ1v) is 11.7. The highest BCUT2D eigenvalue weighted by Gasteiger charge is 2.34. The van der Waals surface area contributed by atoms with E-state index in [-0.39, 0.29) is 29.7 Å². The Balaban J connectivity index is 1.51. The van der Waals surface area contributed by atoms with Crippen LogP contribution >= 0.6 is 0 Å². The zero-order valence-corrected chi connectivity index (χ0v) is 19.9. The highest BCUT2D eigenvalue weighted by molar-refractivity contribution is 6.14. The summed E-state index contributed by atoms with van der Waals surface area (Å²) >= 11 is 0. The van der Waals surface area contributed by atoms with Crippen LogP contribution in [-0.4, -0.2) is 33.0 Å². The number of benzene rings is 2. The molecule has 0 radical (unpaired) electrons. The summed E-state index contributed by atoms with van der Waals surface area (Å²) in [6.07, 6.45) is 3.93. The molecule has 1 atom stereocenters. The minimum Gasteiger partial charge on any atom is -0.398 e. The number of hydrogen-bond acceptors (Lipinski definition) is 7. The number of fused-ring (bicyclic) bond motifs is 1. The number of anilines is 3. The molecule has 2 aromatic heterocycles. The van der Waals surface area contributed by atoms with E-state index in [1.165, 1.54) is 9.47 Å². The molecule has 182 valence electrons. The van der Waals surface area contributed by atoms with Gasteiger partial charge >= 0.3 is 0 Å². The highest BCUT2D eigenvalue weighted by Crippen LogP contribution is 2.35. The Morgan fingerprint density at radius 3 is 2.50 bits per heavy atom. The number of amides is 1. The molecule has 1 aliphatic heterocycles. The molecule has 0 unspecified atom stereocenters. The van der Waals surface area contributed by atoms with Gasteiger partial charge in [-0.2, -0.15) is 0 Å². The maximum absolute atomic E-state index is 13.7. The molecule has 2 aromatic carbocycles. The molecule has 5 rings (SSSR count). The lowest BCUT2D eigenvalue weighted by Gasteiger charge is -2.22. The fraction of sp³-hybridized carbons (Fsp3) is 0.185. The third kappa shape index (κ3) is 4.32. The van der Waals surface area contributed by atoms with Crippen molar-refractivity contribution in [3.63, 3.8) is 0 Å². The fourth-order valence-corrected chi connectivity index (χ4v) is 4.48. The molecular formula is C27H27N7O2. The quantitative estimate of drug-likeness (QED) is 0.346. The van der Waals surface area contributed by atoms with Crippen LogP contribution in [0.15, 0.2) is 77.9 Å². The highest BCUT2D eigenvalue weighted by atomic mass is 16.2. The van der Waals surface area contributed by atoms with Crippen LogP contribution < -0.4 is 27.2 Å². The van der Waals surface area contributed by atoms with Crippen molar-refractivity contribution in [2.75, 3.05) is 22.5 Å². The summed E-state index contributed by atoms with van der Waals surface area (Å²) in [5.74, 6) is 0.0469. The van der Waals surface area contributed by atoms with Crippen molar-refractivity contribution < 1.29 is 4.79 Å². The van der Waals surface area contributed by atoms with Gasteiger partial charge in [0, 0.05) is 43.3 Å². The van der Waals surface area contributed by atoms with E-state index in [9.17, 15) is 9.59 Å². The number of hydrogen-bond donors (Lipinski definition) is 3. The standard InChI is InChI=1S/C27H27N7O2/c1-33-26(36)24(34-16-19-8-5-9-21(29)22(19)25(34)35)23(18-10-12-30-13-11-18)32-27(33)31-15-20(28)14-17-6-3-2-4-7-17/h2-13,20H,14-16,28-29H2,1H3,(H,31,32)/t20-/m1/s1. The predicted molar refractivity (Wildman–Crippen MR) is 141 cm³/mol. The SMILES string of the molecule is Cn1c(NC[C@H](N)Cc2ccccc2)nc(-c2ccncc2)c(N2Cc3cccc(N)c3C2=O)c1=O. The Morgan fingerprint density at radius 2 is 1.78 bits per heavy atom. The van der Waals surface area contributed by atoms with Crippen LogP contribution in [0.4, 0.5) is 17.3 Å². The molecule has 9 nitrogen and oxygen atoms in total. The van der Waals surface area contributed by atoms with Crippen molar-refractivity contribution >= 4 is 23.2 Å². The molecular weight excluding hydrogens is 454 g/mol. The number of aromatic nitrogens is 3. The number of nitrogens with two attached hydrogens (primary N) is 2. The first-order chi connectivity index (χ1) is 17.4. The van der Waals surface area contributed by atoms with E-state index in [1.807, 2.05) is 36.4 Å². The molecule has 3 heterocycles. The summed E-state index contributed by atoms with van der Waals surface area (Å²) in [5.41, 5.74) is 16.1. The van der Waals surface area contributed by atoms with Gasteiger partial charge in [0.05, 0.1) is 12.1 Å². The van der Waals surface area contributed by atoms with E-state index in [2.05, 4.69) is 10.3 Å². The molecule has 0 bridgehead atoms. The summed E-state index contributed by atoms with van der Waals surface area (Å²) in [4.78, 5) is 37.4. The summed E-state index contributed by atoms with van der Waals surface area (Å²) in [6, 6.07) is 18.7. The molecule has 0 saturated heterocycles. The van der Waals surface area contributed by atoms with Gasteiger partial charge in [0.2, 0.25) is 5.95 Å². The van der Waals surface area contributed by atoms with Crippen molar-refractivity contribution in [3.05, 3.63) is 100 Å². The van der Waals surface area contributed by atoms with Gasteiger partial charge < -0.3 is 16.8 Å². The number of nitrogens with one attached hydrogen (secondary N) is 1. The Hall–Kier alpha value is -4.50. The number of carbonyl (C=O) groups excluding carboxylic acids is 1. The third-order valence-electron chi connectivity index (χ3n) is 6.32. The van der Waals surface area contributed by atoms with E-state index in [0.717, 1.165) is 11.1 Å². The molecule has 0 saturated carbocycles. The van der Waals surface area contributed by atoms with Gasteiger partial charge in [0.25, 0.3) is 11.5 Å². The van der Waals surface area contributed by atoms with E-state index in [4.69, 9.17) is 16.5 Å². The van der Waals surface area contributed by atoms with Gasteiger partial charge in [0.15, 0.2) is 0 Å². The average Bonchev–Trinajstić information content (AvgIpc) is 3.23. The fourth-order valence-electron chi connectivity index (χ4n) is 4.48. The molecule has 5 N–H and O–H groups in total. The summed E-state index contributed by atoms with van der Waals surface area (Å²) in [7, 11) is 1.63. The second-order valence-electron chi connectivity index (χ2n) is 8.84. The molecule has 1 aliphatic rings. The largest absolute Gasteiger partial charge is 0.398 e. The monoisotopic (exact) mass is 481 g/mol. The third-order valence-corrected chi connectivity index (χ3v) is 6.32. The maximum Gasteiger partial charge on any atom is 0.279 e. The van der Waals surface area contributed by atoms with Gasteiger partial charge in [-0.25, -0.2) is 4.98 Å². The van der Waals surface area contributed by atoms with Crippen LogP contribution in [0.3, 0.4) is 0 Å². The first kappa shape index (κ1) is 23.3. The number of rotatable bonds is 7. The maximum atomic E-state index is 13.7. The van der Waals surface area contributed by atoms with E-state index in [0.29, 0.717) is 41.4 Å². The molecule has 0 spiro atoms. The second-order valence-corrected chi connectivity index (χ2v) is 8.84. The van der Waals surface area contributed by atoms with Crippen LogP contribution in [0.5, 0.6) is 0 Å². The van der Waals surface area contributed by atoms with Crippen molar-refractivity contribution in [2.45, 2.75) is 19.0 Å². The van der Waals surface area contributed by atoms with Gasteiger partial charge in [-0.3, -0.25) is 24.0 Å². The van der Waals surface area contributed by atoms with Crippen molar-refractivity contribution in [3.8, 4) is 11.3 Å². The molecule has 4 aromatic rings. The Bertz CT molecular complexity index is 1470. The van der Waals surface area contributed by atoms with Gasteiger partial charge in [0.1, 0.15) is 11.4 Å². The summed E-state index contributed by atoms with van der Waals surface area (Å²) in [6.45, 7) is 0.651. The zero-order valence-electron chi connectivity index (χ0n) is 19.9. The summed E-state index contributed by atoms with van der Waals surface area (Å²) < 4.78 is 1.41. The number of nitrogen functional groups attached to an aromatic ring is 1. The Morgan fingerprint density at radius 1 is 1.03 bits per heavy atom. The van der Waals surface area contributed by atoms with E-state index in [1.54, 1.807) is 43.7 Å². The second kappa shape index (κ2) is 9.63. The minimum absolute atomic E-state index is 0.189. The number of carbonyl (C=O) groups is 1. The van der Waals surface area contributed by atoms with Crippen molar-refractivity contribution in [2.24, 2.45) is 12.8 Å². The Kier molecular flexibility index (Phi) is 6.22. The Labute approximate surface area is 208 Å².